The summed E-state index contributed by atoms with van der Waals surface area (Å²) >= 11 is 10.1. The van der Waals surface area contributed by atoms with Gasteiger partial charge in [0.1, 0.15) is 10.8 Å². The number of anilines is 1. The Balaban J connectivity index is 1.65. The lowest BCUT2D eigenvalue weighted by atomic mass is 10.1. The highest BCUT2D eigenvalue weighted by molar-refractivity contribution is 9.10. The van der Waals surface area contributed by atoms with Crippen LogP contribution in [-0.4, -0.2) is 23.5 Å². The first-order chi connectivity index (χ1) is 15.2. The SMILES string of the molecule is Cc1ccc(OCC(=O)NC(=S)Nc2sc(Cc3ccccc3)c(C)c2C(N)=O)c(Br)c1. The minimum atomic E-state index is -0.553. The lowest BCUT2D eigenvalue weighted by Crippen LogP contribution is -2.37. The van der Waals surface area contributed by atoms with Gasteiger partial charge in [-0.15, -0.1) is 11.3 Å². The van der Waals surface area contributed by atoms with E-state index in [4.69, 9.17) is 22.7 Å². The summed E-state index contributed by atoms with van der Waals surface area (Å²) in [5.74, 6) is -0.421. The normalized spacial score (nSPS) is 10.5. The molecule has 0 saturated carbocycles. The van der Waals surface area contributed by atoms with Crippen LogP contribution in [0, 0.1) is 13.8 Å². The summed E-state index contributed by atoms with van der Waals surface area (Å²) in [4.78, 5) is 25.3. The van der Waals surface area contributed by atoms with E-state index in [0.29, 0.717) is 22.7 Å². The molecule has 166 valence electrons. The average Bonchev–Trinajstić information content (AvgIpc) is 3.02. The number of hydrogen-bond acceptors (Lipinski definition) is 5. The zero-order chi connectivity index (χ0) is 23.3. The van der Waals surface area contributed by atoms with Gasteiger partial charge in [-0.1, -0.05) is 36.4 Å². The Morgan fingerprint density at radius 2 is 1.88 bits per heavy atom. The zero-order valence-corrected chi connectivity index (χ0v) is 20.7. The molecule has 0 aliphatic heterocycles. The van der Waals surface area contributed by atoms with E-state index in [9.17, 15) is 9.59 Å². The molecule has 1 heterocycles. The molecule has 0 radical (unpaired) electrons. The summed E-state index contributed by atoms with van der Waals surface area (Å²) in [6.07, 6.45) is 0.664. The number of nitrogens with one attached hydrogen (secondary N) is 2. The summed E-state index contributed by atoms with van der Waals surface area (Å²) in [6, 6.07) is 15.5. The van der Waals surface area contributed by atoms with E-state index in [-0.39, 0.29) is 11.7 Å². The number of primary amides is 1. The Kier molecular flexibility index (Phi) is 8.00. The quantitative estimate of drug-likeness (QED) is 0.384. The van der Waals surface area contributed by atoms with Gasteiger partial charge in [0.05, 0.1) is 10.0 Å². The number of ether oxygens (including phenoxy) is 1. The van der Waals surface area contributed by atoms with Crippen LogP contribution in [0.5, 0.6) is 5.75 Å². The van der Waals surface area contributed by atoms with Gasteiger partial charge in [-0.2, -0.15) is 0 Å². The van der Waals surface area contributed by atoms with Crippen molar-refractivity contribution in [1.29, 1.82) is 0 Å². The number of hydrogen-bond donors (Lipinski definition) is 3. The molecule has 6 nitrogen and oxygen atoms in total. The second kappa shape index (κ2) is 10.7. The van der Waals surface area contributed by atoms with Crippen molar-refractivity contribution in [2.75, 3.05) is 11.9 Å². The average molecular weight is 532 g/mol. The molecule has 4 N–H and O–H groups in total. The predicted molar refractivity (Wildman–Crippen MR) is 136 cm³/mol. The molecular weight excluding hydrogens is 510 g/mol. The monoisotopic (exact) mass is 531 g/mol. The van der Waals surface area contributed by atoms with Crippen LogP contribution < -0.4 is 21.1 Å². The Morgan fingerprint density at radius 3 is 2.53 bits per heavy atom. The van der Waals surface area contributed by atoms with Gasteiger partial charge in [0.15, 0.2) is 11.7 Å². The van der Waals surface area contributed by atoms with E-state index in [2.05, 4.69) is 26.6 Å². The van der Waals surface area contributed by atoms with Crippen molar-refractivity contribution in [3.8, 4) is 5.75 Å². The Hall–Kier alpha value is -2.75. The molecule has 0 spiro atoms. The van der Waals surface area contributed by atoms with Crippen molar-refractivity contribution in [3.05, 3.63) is 80.1 Å². The molecule has 2 amide bonds. The van der Waals surface area contributed by atoms with E-state index in [1.165, 1.54) is 11.3 Å². The molecular formula is C23H22BrN3O3S2. The number of aryl methyl sites for hydroxylation is 1. The molecule has 0 unspecified atom stereocenters. The second-order valence-corrected chi connectivity index (χ2v) is 9.47. The summed E-state index contributed by atoms with van der Waals surface area (Å²) in [5, 5.41) is 6.08. The lowest BCUT2D eigenvalue weighted by Gasteiger charge is -2.11. The number of benzene rings is 2. The molecule has 0 saturated heterocycles. The first-order valence-electron chi connectivity index (χ1n) is 9.70. The van der Waals surface area contributed by atoms with Gasteiger partial charge in [0, 0.05) is 11.3 Å². The molecule has 0 atom stereocenters. The van der Waals surface area contributed by atoms with Gasteiger partial charge in [0.2, 0.25) is 0 Å². The highest BCUT2D eigenvalue weighted by Crippen LogP contribution is 2.34. The molecule has 0 fully saturated rings. The van der Waals surface area contributed by atoms with E-state index >= 15 is 0 Å². The van der Waals surface area contributed by atoms with E-state index < -0.39 is 11.8 Å². The highest BCUT2D eigenvalue weighted by atomic mass is 79.9. The van der Waals surface area contributed by atoms with Crippen LogP contribution in [-0.2, 0) is 11.2 Å². The van der Waals surface area contributed by atoms with Crippen LogP contribution >= 0.6 is 39.5 Å². The number of carbonyl (C=O) groups is 2. The Bertz CT molecular complexity index is 1160. The largest absolute Gasteiger partial charge is 0.483 e. The number of carbonyl (C=O) groups excluding carboxylic acids is 2. The van der Waals surface area contributed by atoms with Crippen molar-refractivity contribution < 1.29 is 14.3 Å². The van der Waals surface area contributed by atoms with Gasteiger partial charge >= 0.3 is 0 Å². The molecule has 0 bridgehead atoms. The molecule has 1 aromatic heterocycles. The lowest BCUT2D eigenvalue weighted by molar-refractivity contribution is -0.121. The standard InChI is InChI=1S/C23H22BrN3O3S2/c1-13-8-9-17(16(24)10-13)30-12-19(28)26-23(31)27-22-20(21(25)29)14(2)18(32-22)11-15-6-4-3-5-7-15/h3-10H,11-12H2,1-2H3,(H2,25,29)(H2,26,27,28,31). The number of thiocarbonyl (C=S) groups is 1. The fraction of sp³-hybridized carbons (Fsp3) is 0.174. The first kappa shape index (κ1) is 23.9. The van der Waals surface area contributed by atoms with Crippen LogP contribution in [0.1, 0.15) is 31.9 Å². The van der Waals surface area contributed by atoms with Gasteiger partial charge in [-0.05, 0) is 70.8 Å². The van der Waals surface area contributed by atoms with E-state index in [1.807, 2.05) is 56.3 Å². The molecule has 32 heavy (non-hydrogen) atoms. The van der Waals surface area contributed by atoms with Crippen LogP contribution in [0.3, 0.4) is 0 Å². The fourth-order valence-electron chi connectivity index (χ4n) is 3.06. The number of thiophene rings is 1. The summed E-state index contributed by atoms with van der Waals surface area (Å²) in [6.45, 7) is 3.60. The topological polar surface area (TPSA) is 93.4 Å². The van der Waals surface area contributed by atoms with Crippen molar-refractivity contribution in [2.45, 2.75) is 20.3 Å². The maximum Gasteiger partial charge on any atom is 0.264 e. The van der Waals surface area contributed by atoms with Crippen LogP contribution in [0.15, 0.2) is 53.0 Å². The summed E-state index contributed by atoms with van der Waals surface area (Å²) < 4.78 is 6.30. The van der Waals surface area contributed by atoms with Crippen LogP contribution in [0.25, 0.3) is 0 Å². The van der Waals surface area contributed by atoms with Crippen LogP contribution in [0.2, 0.25) is 0 Å². The van der Waals surface area contributed by atoms with Gasteiger partial charge in [0.25, 0.3) is 11.8 Å². The van der Waals surface area contributed by atoms with E-state index in [0.717, 1.165) is 26.0 Å². The molecule has 0 aliphatic carbocycles. The second-order valence-electron chi connectivity index (χ2n) is 7.11. The fourth-order valence-corrected chi connectivity index (χ4v) is 5.20. The highest BCUT2D eigenvalue weighted by Gasteiger charge is 2.20. The van der Waals surface area contributed by atoms with Crippen molar-refractivity contribution >= 4 is 61.4 Å². The third kappa shape index (κ3) is 6.15. The predicted octanol–water partition coefficient (Wildman–Crippen LogP) is 4.71. The number of halogens is 1. The third-order valence-corrected chi connectivity index (χ3v) is 6.66. The summed E-state index contributed by atoms with van der Waals surface area (Å²) in [7, 11) is 0. The number of nitrogens with two attached hydrogens (primary N) is 1. The maximum atomic E-state index is 12.3. The summed E-state index contributed by atoms with van der Waals surface area (Å²) in [5.41, 5.74) is 8.97. The van der Waals surface area contributed by atoms with Crippen molar-refractivity contribution in [1.82, 2.24) is 5.32 Å². The van der Waals surface area contributed by atoms with Crippen molar-refractivity contribution in [3.63, 3.8) is 0 Å². The Labute approximate surface area is 204 Å². The van der Waals surface area contributed by atoms with E-state index in [1.54, 1.807) is 6.07 Å². The minimum Gasteiger partial charge on any atom is -0.483 e. The van der Waals surface area contributed by atoms with Crippen molar-refractivity contribution in [2.24, 2.45) is 5.73 Å². The number of rotatable bonds is 7. The molecule has 9 heteroatoms. The third-order valence-electron chi connectivity index (χ3n) is 4.63. The first-order valence-corrected chi connectivity index (χ1v) is 11.7. The minimum absolute atomic E-state index is 0.0663. The molecule has 3 rings (SSSR count). The van der Waals surface area contributed by atoms with Gasteiger partial charge in [-0.3, -0.25) is 14.9 Å². The van der Waals surface area contributed by atoms with Gasteiger partial charge < -0.3 is 15.8 Å². The Morgan fingerprint density at radius 1 is 1.16 bits per heavy atom. The smallest absolute Gasteiger partial charge is 0.264 e. The maximum absolute atomic E-state index is 12.3. The zero-order valence-electron chi connectivity index (χ0n) is 17.5. The van der Waals surface area contributed by atoms with Crippen LogP contribution in [0.4, 0.5) is 5.00 Å². The number of amides is 2. The molecule has 0 aliphatic rings. The molecule has 3 aromatic rings. The molecule has 2 aromatic carbocycles. The van der Waals surface area contributed by atoms with Gasteiger partial charge in [-0.25, -0.2) is 0 Å².